The highest BCUT2D eigenvalue weighted by Crippen LogP contribution is 2.24. The summed E-state index contributed by atoms with van der Waals surface area (Å²) in [7, 11) is 1.88. The van der Waals surface area contributed by atoms with Crippen LogP contribution in [0.25, 0.3) is 0 Å². The average molecular weight is 363 g/mol. The fourth-order valence-electron chi connectivity index (χ4n) is 3.78. The molecule has 6 nitrogen and oxygen atoms in total. The van der Waals surface area contributed by atoms with E-state index >= 15 is 0 Å². The SMILES string of the molecule is Cn1cccc1C(=O)NCCC1CN(Cc2ccccc2)Cc2ccnn21. The average Bonchev–Trinajstić information content (AvgIpc) is 3.31. The Balaban J connectivity index is 1.38. The standard InChI is InChI=1S/C21H25N5O/c1-24-13-5-8-20(24)21(27)22-11-9-18-15-25(14-17-6-3-2-4-7-17)16-19-10-12-23-26(18)19/h2-8,10,12-13,18H,9,11,14-16H2,1H3,(H,22,27). The van der Waals surface area contributed by atoms with Crippen LogP contribution in [-0.2, 0) is 20.1 Å². The van der Waals surface area contributed by atoms with Gasteiger partial charge in [0.25, 0.3) is 5.91 Å². The summed E-state index contributed by atoms with van der Waals surface area (Å²) in [5.41, 5.74) is 3.24. The first-order chi connectivity index (χ1) is 13.2. The molecule has 4 rings (SSSR count). The summed E-state index contributed by atoms with van der Waals surface area (Å²) in [6.45, 7) is 3.40. The first kappa shape index (κ1) is 17.5. The van der Waals surface area contributed by atoms with Crippen molar-refractivity contribution in [1.82, 2.24) is 24.6 Å². The van der Waals surface area contributed by atoms with Crippen LogP contribution in [0.3, 0.4) is 0 Å². The van der Waals surface area contributed by atoms with Gasteiger partial charge in [-0.3, -0.25) is 14.4 Å². The molecule has 0 fully saturated rings. The molecule has 3 heterocycles. The number of hydrogen-bond donors (Lipinski definition) is 1. The molecule has 0 saturated heterocycles. The van der Waals surface area contributed by atoms with E-state index in [0.717, 1.165) is 26.1 Å². The van der Waals surface area contributed by atoms with E-state index in [0.29, 0.717) is 12.2 Å². The van der Waals surface area contributed by atoms with Gasteiger partial charge in [0.15, 0.2) is 0 Å². The molecule has 2 aromatic heterocycles. The summed E-state index contributed by atoms with van der Waals surface area (Å²) in [4.78, 5) is 14.8. The molecular formula is C21H25N5O. The van der Waals surface area contributed by atoms with Crippen molar-refractivity contribution >= 4 is 5.91 Å². The number of aryl methyl sites for hydroxylation is 1. The zero-order valence-corrected chi connectivity index (χ0v) is 15.6. The highest BCUT2D eigenvalue weighted by molar-refractivity contribution is 5.92. The Morgan fingerprint density at radius 3 is 2.81 bits per heavy atom. The van der Waals surface area contributed by atoms with Crippen LogP contribution in [0.1, 0.15) is 34.2 Å². The Morgan fingerprint density at radius 1 is 1.19 bits per heavy atom. The largest absolute Gasteiger partial charge is 0.351 e. The molecule has 0 radical (unpaired) electrons. The lowest BCUT2D eigenvalue weighted by Gasteiger charge is -2.34. The van der Waals surface area contributed by atoms with Crippen LogP contribution in [0.2, 0.25) is 0 Å². The van der Waals surface area contributed by atoms with Crippen molar-refractivity contribution in [3.8, 4) is 0 Å². The number of aromatic nitrogens is 3. The molecule has 140 valence electrons. The number of nitrogens with zero attached hydrogens (tertiary/aromatic N) is 4. The molecule has 6 heteroatoms. The maximum absolute atomic E-state index is 12.3. The molecule has 1 N–H and O–H groups in total. The van der Waals surface area contributed by atoms with Crippen molar-refractivity contribution in [1.29, 1.82) is 0 Å². The zero-order valence-electron chi connectivity index (χ0n) is 15.6. The second kappa shape index (κ2) is 7.80. The molecule has 1 aliphatic rings. The van der Waals surface area contributed by atoms with Crippen molar-refractivity contribution in [2.45, 2.75) is 25.6 Å². The van der Waals surface area contributed by atoms with Crippen LogP contribution in [0, 0.1) is 0 Å². The van der Waals surface area contributed by atoms with Crippen LogP contribution in [0.5, 0.6) is 0 Å². The number of carbonyl (C=O) groups is 1. The maximum atomic E-state index is 12.3. The molecule has 27 heavy (non-hydrogen) atoms. The molecule has 1 aliphatic heterocycles. The summed E-state index contributed by atoms with van der Waals surface area (Å²) in [5, 5.41) is 7.56. The van der Waals surface area contributed by atoms with Crippen molar-refractivity contribution in [3.05, 3.63) is 77.9 Å². The van der Waals surface area contributed by atoms with E-state index in [1.54, 1.807) is 0 Å². The van der Waals surface area contributed by atoms with E-state index in [2.05, 4.69) is 50.3 Å². The third kappa shape index (κ3) is 3.95. The molecule has 0 saturated carbocycles. The highest BCUT2D eigenvalue weighted by atomic mass is 16.1. The maximum Gasteiger partial charge on any atom is 0.267 e. The van der Waals surface area contributed by atoms with Crippen LogP contribution < -0.4 is 5.32 Å². The Bertz CT molecular complexity index is 898. The summed E-state index contributed by atoms with van der Waals surface area (Å²) in [5.74, 6) is -0.0276. The number of amides is 1. The van der Waals surface area contributed by atoms with Gasteiger partial charge in [0.1, 0.15) is 5.69 Å². The number of benzene rings is 1. The predicted molar refractivity (Wildman–Crippen MR) is 104 cm³/mol. The number of carbonyl (C=O) groups excluding carboxylic acids is 1. The Hall–Kier alpha value is -2.86. The van der Waals surface area contributed by atoms with E-state index < -0.39 is 0 Å². The lowest BCUT2D eigenvalue weighted by molar-refractivity contribution is 0.0939. The quantitative estimate of drug-likeness (QED) is 0.732. The van der Waals surface area contributed by atoms with Crippen molar-refractivity contribution < 1.29 is 4.79 Å². The second-order valence-electron chi connectivity index (χ2n) is 7.13. The smallest absolute Gasteiger partial charge is 0.267 e. The van der Waals surface area contributed by atoms with Gasteiger partial charge >= 0.3 is 0 Å². The van der Waals surface area contributed by atoms with Crippen molar-refractivity contribution in [2.24, 2.45) is 7.05 Å². The first-order valence-electron chi connectivity index (χ1n) is 9.39. The van der Waals surface area contributed by atoms with Gasteiger partial charge in [-0.2, -0.15) is 5.10 Å². The van der Waals surface area contributed by atoms with Gasteiger partial charge in [0.05, 0.1) is 11.7 Å². The molecule has 0 aliphatic carbocycles. The minimum Gasteiger partial charge on any atom is -0.351 e. The molecule has 3 aromatic rings. The van der Waals surface area contributed by atoms with Crippen LogP contribution in [-0.4, -0.2) is 38.2 Å². The van der Waals surface area contributed by atoms with E-state index in [9.17, 15) is 4.79 Å². The monoisotopic (exact) mass is 363 g/mol. The van der Waals surface area contributed by atoms with Gasteiger partial charge in [-0.1, -0.05) is 30.3 Å². The van der Waals surface area contributed by atoms with Crippen molar-refractivity contribution in [2.75, 3.05) is 13.1 Å². The van der Waals surface area contributed by atoms with Gasteiger partial charge < -0.3 is 9.88 Å². The van der Waals surface area contributed by atoms with Crippen LogP contribution >= 0.6 is 0 Å². The minimum atomic E-state index is -0.0276. The number of hydrogen-bond acceptors (Lipinski definition) is 3. The lowest BCUT2D eigenvalue weighted by atomic mass is 10.1. The Kier molecular flexibility index (Phi) is 5.07. The first-order valence-corrected chi connectivity index (χ1v) is 9.39. The molecular weight excluding hydrogens is 338 g/mol. The highest BCUT2D eigenvalue weighted by Gasteiger charge is 2.25. The number of nitrogens with one attached hydrogen (secondary N) is 1. The van der Waals surface area contributed by atoms with E-state index in [4.69, 9.17) is 0 Å². The van der Waals surface area contributed by atoms with E-state index in [-0.39, 0.29) is 11.9 Å². The van der Waals surface area contributed by atoms with Crippen LogP contribution in [0.15, 0.2) is 60.9 Å². The van der Waals surface area contributed by atoms with E-state index in [1.165, 1.54) is 11.3 Å². The van der Waals surface area contributed by atoms with Gasteiger partial charge in [0, 0.05) is 45.6 Å². The topological polar surface area (TPSA) is 55.1 Å². The van der Waals surface area contributed by atoms with Gasteiger partial charge in [0.2, 0.25) is 0 Å². The summed E-state index contributed by atoms with van der Waals surface area (Å²) in [6.07, 6.45) is 4.61. The summed E-state index contributed by atoms with van der Waals surface area (Å²) in [6, 6.07) is 16.6. The fraction of sp³-hybridized carbons (Fsp3) is 0.333. The van der Waals surface area contributed by atoms with Crippen molar-refractivity contribution in [3.63, 3.8) is 0 Å². The van der Waals surface area contributed by atoms with Gasteiger partial charge in [-0.25, -0.2) is 0 Å². The molecule has 1 amide bonds. The lowest BCUT2D eigenvalue weighted by Crippen LogP contribution is -2.39. The predicted octanol–water partition coefficient (Wildman–Crippen LogP) is 2.60. The molecule has 0 bridgehead atoms. The number of rotatable bonds is 6. The third-order valence-corrected chi connectivity index (χ3v) is 5.14. The number of fused-ring (bicyclic) bond motifs is 1. The minimum absolute atomic E-state index is 0.0276. The summed E-state index contributed by atoms with van der Waals surface area (Å²) < 4.78 is 3.96. The summed E-state index contributed by atoms with van der Waals surface area (Å²) >= 11 is 0. The second-order valence-corrected chi connectivity index (χ2v) is 7.13. The zero-order chi connectivity index (χ0) is 18.6. The Labute approximate surface area is 159 Å². The van der Waals surface area contributed by atoms with Crippen LogP contribution in [0.4, 0.5) is 0 Å². The molecule has 1 unspecified atom stereocenters. The Morgan fingerprint density at radius 2 is 2.04 bits per heavy atom. The fourth-order valence-corrected chi connectivity index (χ4v) is 3.78. The normalized spacial score (nSPS) is 16.9. The van der Waals surface area contributed by atoms with E-state index in [1.807, 2.05) is 42.2 Å². The van der Waals surface area contributed by atoms with Gasteiger partial charge in [-0.05, 0) is 30.2 Å². The molecule has 0 spiro atoms. The van der Waals surface area contributed by atoms with Gasteiger partial charge in [-0.15, -0.1) is 0 Å². The third-order valence-electron chi connectivity index (χ3n) is 5.14. The molecule has 1 aromatic carbocycles. The molecule has 1 atom stereocenters.